The monoisotopic (exact) mass is 320 g/mol. The van der Waals surface area contributed by atoms with Gasteiger partial charge in [0.15, 0.2) is 5.75 Å². The minimum absolute atomic E-state index is 0.286. The molecule has 0 fully saturated rings. The third-order valence-corrected chi connectivity index (χ3v) is 4.13. The molecule has 1 N–H and O–H groups in total. The predicted octanol–water partition coefficient (Wildman–Crippen LogP) is 5.06. The molecule has 0 unspecified atom stereocenters. The Morgan fingerprint density at radius 2 is 1.71 bits per heavy atom. The van der Waals surface area contributed by atoms with Gasteiger partial charge < -0.3 is 5.11 Å². The zero-order valence-corrected chi connectivity index (χ0v) is 14.7. The summed E-state index contributed by atoms with van der Waals surface area (Å²) in [4.78, 5) is 0. The molecule has 2 aromatic carbocycles. The van der Waals surface area contributed by atoms with Crippen LogP contribution < -0.4 is 0 Å². The number of aryl methyl sites for hydroxylation is 2. The Kier molecular flexibility index (Phi) is 4.43. The Morgan fingerprint density at radius 3 is 2.33 bits per heavy atom. The number of aromatic nitrogens is 2. The van der Waals surface area contributed by atoms with Crippen molar-refractivity contribution in [1.82, 2.24) is 9.78 Å². The maximum absolute atomic E-state index is 10.8. The topological polar surface area (TPSA) is 38.0 Å². The molecule has 0 spiro atoms. The molecular formula is C21H24N2O. The number of benzene rings is 2. The highest BCUT2D eigenvalue weighted by Gasteiger charge is 2.20. The summed E-state index contributed by atoms with van der Waals surface area (Å²) in [6.07, 6.45) is 0.776. The zero-order chi connectivity index (χ0) is 17.3. The molecule has 124 valence electrons. The first-order valence-corrected chi connectivity index (χ1v) is 8.40. The van der Waals surface area contributed by atoms with Gasteiger partial charge in [0.25, 0.3) is 0 Å². The third-order valence-electron chi connectivity index (χ3n) is 4.13. The fourth-order valence-electron chi connectivity index (χ4n) is 2.89. The second-order valence-corrected chi connectivity index (χ2v) is 6.86. The maximum Gasteiger partial charge on any atom is 0.165 e. The maximum atomic E-state index is 10.8. The first kappa shape index (κ1) is 16.3. The Hall–Kier alpha value is -2.55. The zero-order valence-electron chi connectivity index (χ0n) is 14.7. The van der Waals surface area contributed by atoms with Gasteiger partial charge >= 0.3 is 0 Å². The SMILES string of the molecule is Cc1ccc(-c2nn(-c3cccc(C)c3)c(CC(C)C)c2O)cc1. The summed E-state index contributed by atoms with van der Waals surface area (Å²) in [6.45, 7) is 8.42. The summed E-state index contributed by atoms with van der Waals surface area (Å²) >= 11 is 0. The summed E-state index contributed by atoms with van der Waals surface area (Å²) in [5, 5.41) is 15.6. The molecule has 0 bridgehead atoms. The molecule has 1 heterocycles. The van der Waals surface area contributed by atoms with Crippen LogP contribution in [0.2, 0.25) is 0 Å². The highest BCUT2D eigenvalue weighted by molar-refractivity contribution is 5.68. The van der Waals surface area contributed by atoms with E-state index < -0.39 is 0 Å². The average molecular weight is 320 g/mol. The van der Waals surface area contributed by atoms with Crippen LogP contribution in [0.4, 0.5) is 0 Å². The summed E-state index contributed by atoms with van der Waals surface area (Å²) in [6, 6.07) is 16.3. The molecule has 3 heteroatoms. The van der Waals surface area contributed by atoms with Crippen molar-refractivity contribution in [2.75, 3.05) is 0 Å². The average Bonchev–Trinajstić information content (AvgIpc) is 2.85. The summed E-state index contributed by atoms with van der Waals surface area (Å²) in [5.74, 6) is 0.719. The van der Waals surface area contributed by atoms with Crippen molar-refractivity contribution in [3.05, 3.63) is 65.4 Å². The highest BCUT2D eigenvalue weighted by Crippen LogP contribution is 2.34. The van der Waals surface area contributed by atoms with Crippen molar-refractivity contribution >= 4 is 0 Å². The smallest absolute Gasteiger partial charge is 0.165 e. The van der Waals surface area contributed by atoms with Crippen molar-refractivity contribution in [3.8, 4) is 22.7 Å². The van der Waals surface area contributed by atoms with E-state index in [9.17, 15) is 5.11 Å². The van der Waals surface area contributed by atoms with Crippen molar-refractivity contribution < 1.29 is 5.11 Å². The second kappa shape index (κ2) is 6.52. The van der Waals surface area contributed by atoms with Gasteiger partial charge in [-0.15, -0.1) is 0 Å². The molecule has 0 aliphatic carbocycles. The van der Waals surface area contributed by atoms with Crippen LogP contribution in [0.25, 0.3) is 16.9 Å². The Balaban J connectivity index is 2.17. The molecule has 0 saturated carbocycles. The molecule has 3 nitrogen and oxygen atoms in total. The first-order chi connectivity index (χ1) is 11.5. The van der Waals surface area contributed by atoms with Gasteiger partial charge in [-0.05, 0) is 43.9 Å². The Morgan fingerprint density at radius 1 is 1.00 bits per heavy atom. The van der Waals surface area contributed by atoms with Crippen molar-refractivity contribution in [2.45, 2.75) is 34.1 Å². The van der Waals surface area contributed by atoms with E-state index in [1.807, 2.05) is 41.1 Å². The molecule has 0 saturated heterocycles. The van der Waals surface area contributed by atoms with Gasteiger partial charge in [-0.1, -0.05) is 55.8 Å². The molecule has 3 rings (SSSR count). The molecule has 3 aromatic rings. The van der Waals surface area contributed by atoms with Gasteiger partial charge in [-0.3, -0.25) is 0 Å². The van der Waals surface area contributed by atoms with Crippen LogP contribution in [-0.4, -0.2) is 14.9 Å². The molecule has 0 aliphatic rings. The van der Waals surface area contributed by atoms with Gasteiger partial charge in [0.1, 0.15) is 5.69 Å². The van der Waals surface area contributed by atoms with Crippen LogP contribution in [-0.2, 0) is 6.42 Å². The highest BCUT2D eigenvalue weighted by atomic mass is 16.3. The number of hydrogen-bond acceptors (Lipinski definition) is 2. The van der Waals surface area contributed by atoms with E-state index >= 15 is 0 Å². The molecule has 1 aromatic heterocycles. The van der Waals surface area contributed by atoms with E-state index in [1.54, 1.807) is 0 Å². The first-order valence-electron chi connectivity index (χ1n) is 8.40. The Bertz CT molecular complexity index is 845. The van der Waals surface area contributed by atoms with E-state index in [1.165, 1.54) is 11.1 Å². The van der Waals surface area contributed by atoms with Crippen molar-refractivity contribution in [2.24, 2.45) is 5.92 Å². The lowest BCUT2D eigenvalue weighted by Gasteiger charge is -2.10. The summed E-state index contributed by atoms with van der Waals surface area (Å²) < 4.78 is 1.89. The van der Waals surface area contributed by atoms with Gasteiger partial charge in [0, 0.05) is 5.56 Å². The van der Waals surface area contributed by atoms with Gasteiger partial charge in [0.05, 0.1) is 11.4 Å². The molecule has 0 amide bonds. The van der Waals surface area contributed by atoms with Crippen molar-refractivity contribution in [1.29, 1.82) is 0 Å². The molecule has 24 heavy (non-hydrogen) atoms. The van der Waals surface area contributed by atoms with Crippen LogP contribution in [0, 0.1) is 19.8 Å². The van der Waals surface area contributed by atoms with Gasteiger partial charge in [-0.25, -0.2) is 4.68 Å². The summed E-state index contributed by atoms with van der Waals surface area (Å²) in [7, 11) is 0. The second-order valence-electron chi connectivity index (χ2n) is 6.86. The number of hydrogen-bond donors (Lipinski definition) is 1. The van der Waals surface area contributed by atoms with Crippen LogP contribution in [0.1, 0.15) is 30.7 Å². The summed E-state index contributed by atoms with van der Waals surface area (Å²) in [5.41, 5.74) is 5.81. The van der Waals surface area contributed by atoms with E-state index in [-0.39, 0.29) is 5.75 Å². The Labute approximate surface area is 143 Å². The normalized spacial score (nSPS) is 11.2. The molecule has 0 atom stereocenters. The minimum atomic E-state index is 0.286. The van der Waals surface area contributed by atoms with Crippen LogP contribution >= 0.6 is 0 Å². The molecular weight excluding hydrogens is 296 g/mol. The standard InChI is InChI=1S/C21H24N2O/c1-14(2)12-19-21(24)20(17-10-8-15(3)9-11-17)22-23(19)18-7-5-6-16(4)13-18/h5-11,13-14,24H,12H2,1-4H3. The minimum Gasteiger partial charge on any atom is -0.504 e. The quantitative estimate of drug-likeness (QED) is 0.729. The van der Waals surface area contributed by atoms with Crippen LogP contribution in [0.15, 0.2) is 48.5 Å². The molecule has 0 radical (unpaired) electrons. The van der Waals surface area contributed by atoms with E-state index in [0.717, 1.165) is 23.4 Å². The van der Waals surface area contributed by atoms with Crippen molar-refractivity contribution in [3.63, 3.8) is 0 Å². The number of rotatable bonds is 4. The van der Waals surface area contributed by atoms with E-state index in [0.29, 0.717) is 11.6 Å². The lowest BCUT2D eigenvalue weighted by atomic mass is 10.0. The fourth-order valence-corrected chi connectivity index (χ4v) is 2.89. The van der Waals surface area contributed by atoms with Crippen LogP contribution in [0.3, 0.4) is 0 Å². The fraction of sp³-hybridized carbons (Fsp3) is 0.286. The molecule has 0 aliphatic heterocycles. The number of nitrogens with zero attached hydrogens (tertiary/aromatic N) is 2. The number of aromatic hydroxyl groups is 1. The third kappa shape index (κ3) is 3.21. The van der Waals surface area contributed by atoms with E-state index in [4.69, 9.17) is 5.10 Å². The predicted molar refractivity (Wildman–Crippen MR) is 98.7 cm³/mol. The van der Waals surface area contributed by atoms with Gasteiger partial charge in [-0.2, -0.15) is 5.10 Å². The van der Waals surface area contributed by atoms with Gasteiger partial charge in [0.2, 0.25) is 0 Å². The van der Waals surface area contributed by atoms with Crippen LogP contribution in [0.5, 0.6) is 5.75 Å². The lowest BCUT2D eigenvalue weighted by Crippen LogP contribution is -2.05. The largest absolute Gasteiger partial charge is 0.504 e. The lowest BCUT2D eigenvalue weighted by molar-refractivity contribution is 0.461. The van der Waals surface area contributed by atoms with E-state index in [2.05, 4.69) is 39.8 Å².